The summed E-state index contributed by atoms with van der Waals surface area (Å²) in [4.78, 5) is 13.7. The van der Waals surface area contributed by atoms with Gasteiger partial charge in [-0.3, -0.25) is 4.79 Å². The van der Waals surface area contributed by atoms with Gasteiger partial charge in [0.2, 0.25) is 0 Å². The minimum Gasteiger partial charge on any atom is -0.379 e. The Labute approximate surface area is 223 Å². The quantitative estimate of drug-likeness (QED) is 0.316. The van der Waals surface area contributed by atoms with Crippen molar-refractivity contribution in [2.75, 3.05) is 48.6 Å². The number of hydrogen-bond acceptors (Lipinski definition) is 7. The molecule has 12 unspecified atom stereocenters. The molecule has 0 aromatic rings. The van der Waals surface area contributed by atoms with Crippen molar-refractivity contribution < 1.29 is 34.4 Å². The molecule has 1 saturated heterocycles. The molecule has 4 fully saturated rings. The fourth-order valence-electron chi connectivity index (χ4n) is 8.59. The molecule has 3 aliphatic carbocycles. The Morgan fingerprint density at radius 3 is 2.35 bits per heavy atom. The van der Waals surface area contributed by atoms with Crippen molar-refractivity contribution in [3.05, 3.63) is 0 Å². The Hall–Kier alpha value is -0.650. The van der Waals surface area contributed by atoms with E-state index in [9.17, 15) is 4.79 Å². The lowest BCUT2D eigenvalue weighted by molar-refractivity contribution is -0.705. The summed E-state index contributed by atoms with van der Waals surface area (Å²) < 4.78 is 23.9. The molecule has 1 heterocycles. The lowest BCUT2D eigenvalue weighted by atomic mass is 9.64. The van der Waals surface area contributed by atoms with Crippen LogP contribution in [-0.4, -0.2) is 103 Å². The summed E-state index contributed by atoms with van der Waals surface area (Å²) in [5.41, 5.74) is 6.45. The highest BCUT2D eigenvalue weighted by Gasteiger charge is 2.54. The summed E-state index contributed by atoms with van der Waals surface area (Å²) in [6, 6.07) is 0.705. The Balaban J connectivity index is 1.51. The number of methoxy groups -OCH3 is 4. The predicted octanol–water partition coefficient (Wildman–Crippen LogP) is -1.11. The second-order valence-electron chi connectivity index (χ2n) is 12.2. The van der Waals surface area contributed by atoms with Gasteiger partial charge in [0.15, 0.2) is 0 Å². The van der Waals surface area contributed by atoms with Gasteiger partial charge in [-0.15, -0.1) is 0 Å². The maximum atomic E-state index is 13.7. The van der Waals surface area contributed by atoms with E-state index in [4.69, 9.17) is 24.7 Å². The number of nitrogens with two attached hydrogens (primary N) is 3. The van der Waals surface area contributed by atoms with Gasteiger partial charge in [0.1, 0.15) is 17.9 Å². The third-order valence-electron chi connectivity index (χ3n) is 10.7. The van der Waals surface area contributed by atoms with Gasteiger partial charge in [0, 0.05) is 53.2 Å². The number of rotatable bonds is 8. The van der Waals surface area contributed by atoms with E-state index in [1.165, 1.54) is 0 Å². The zero-order valence-corrected chi connectivity index (χ0v) is 23.9. The van der Waals surface area contributed by atoms with E-state index in [-0.39, 0.29) is 36.5 Å². The first-order valence-corrected chi connectivity index (χ1v) is 14.6. The molecule has 0 bridgehead atoms. The predicted molar refractivity (Wildman–Crippen MR) is 141 cm³/mol. The second-order valence-corrected chi connectivity index (χ2v) is 12.2. The molecule has 7 N–H and O–H groups in total. The summed E-state index contributed by atoms with van der Waals surface area (Å²) in [6.07, 6.45) is 5.83. The van der Waals surface area contributed by atoms with Gasteiger partial charge in [-0.25, -0.2) is 0 Å². The first-order chi connectivity index (χ1) is 17.9. The zero-order valence-electron chi connectivity index (χ0n) is 23.9. The van der Waals surface area contributed by atoms with E-state index in [1.54, 1.807) is 21.3 Å². The Morgan fingerprint density at radius 2 is 1.70 bits per heavy atom. The number of fused-ring (bicyclic) bond motifs is 3. The van der Waals surface area contributed by atoms with Crippen molar-refractivity contribution in [3.63, 3.8) is 0 Å². The lowest BCUT2D eigenvalue weighted by Gasteiger charge is -2.48. The van der Waals surface area contributed by atoms with Crippen molar-refractivity contribution in [1.82, 2.24) is 5.32 Å². The van der Waals surface area contributed by atoms with Gasteiger partial charge in [0.05, 0.1) is 50.0 Å². The van der Waals surface area contributed by atoms with E-state index < -0.39 is 0 Å². The van der Waals surface area contributed by atoms with Gasteiger partial charge in [-0.05, 0) is 56.8 Å². The summed E-state index contributed by atoms with van der Waals surface area (Å²) in [7, 11) is 9.33. The van der Waals surface area contributed by atoms with Gasteiger partial charge in [0.25, 0.3) is 0 Å². The van der Waals surface area contributed by atoms with Crippen LogP contribution in [0, 0.1) is 29.6 Å². The summed E-state index contributed by atoms with van der Waals surface area (Å²) in [5.74, 6) is 2.37. The number of hydrogen-bond donors (Lipinski definition) is 4. The molecule has 9 nitrogen and oxygen atoms in total. The summed E-state index contributed by atoms with van der Waals surface area (Å²) in [6.45, 7) is 3.89. The largest absolute Gasteiger partial charge is 0.379 e. The highest BCUT2D eigenvalue weighted by Crippen LogP contribution is 2.50. The maximum absolute atomic E-state index is 13.7. The number of carbonyl (C=O) groups is 1. The van der Waals surface area contributed by atoms with Crippen LogP contribution in [-0.2, 0) is 23.7 Å². The zero-order chi connectivity index (χ0) is 26.7. The van der Waals surface area contributed by atoms with Crippen molar-refractivity contribution >= 4 is 5.78 Å². The number of carbonyl (C=O) groups excluding carboxylic acids is 1. The Bertz CT molecular complexity index is 743. The molecular formula is C28H54N4O5+2. The molecule has 13 atom stereocenters. The number of nitrogens with one attached hydrogen (secondary N) is 1. The first-order valence-electron chi connectivity index (χ1n) is 14.6. The smallest absolute Gasteiger partial charge is 0.150 e. The molecule has 0 aromatic heterocycles. The van der Waals surface area contributed by atoms with Gasteiger partial charge in [-0.2, -0.15) is 0 Å². The van der Waals surface area contributed by atoms with Crippen molar-refractivity contribution in [3.8, 4) is 0 Å². The third-order valence-corrected chi connectivity index (χ3v) is 10.7. The molecule has 0 spiro atoms. The fourth-order valence-corrected chi connectivity index (χ4v) is 8.59. The molecule has 0 radical (unpaired) electrons. The minimum atomic E-state index is -0.106. The fraction of sp³-hybridized carbons (Fsp3) is 0.964. The monoisotopic (exact) mass is 526 g/mol. The number of Topliss-reactive ketones (excluding diaryl/α,β-unsaturated/α-hetero) is 1. The maximum Gasteiger partial charge on any atom is 0.150 e. The van der Waals surface area contributed by atoms with E-state index >= 15 is 0 Å². The SMILES string of the molecule is C[NH2+][C@H]1CCC2CC(OC)C(OC)C(OC)C2C2CCC(NCC3C[NH2+]C(C)C(N)C3OC)C(=O)CC21. The molecular weight excluding hydrogens is 472 g/mol. The third kappa shape index (κ3) is 5.94. The van der Waals surface area contributed by atoms with E-state index in [0.29, 0.717) is 53.9 Å². The van der Waals surface area contributed by atoms with Crippen molar-refractivity contribution in [2.45, 2.75) is 94.0 Å². The number of piperidine rings is 1. The van der Waals surface area contributed by atoms with Crippen LogP contribution >= 0.6 is 0 Å². The number of ketones is 1. The number of quaternary nitrogens is 2. The Morgan fingerprint density at radius 1 is 0.973 bits per heavy atom. The van der Waals surface area contributed by atoms with E-state index in [2.05, 4.69) is 29.9 Å². The molecule has 1 aliphatic heterocycles. The van der Waals surface area contributed by atoms with Crippen molar-refractivity contribution in [2.24, 2.45) is 35.3 Å². The van der Waals surface area contributed by atoms with Gasteiger partial charge < -0.3 is 40.6 Å². The average Bonchev–Trinajstić information content (AvgIpc) is 3.15. The number of ether oxygens (including phenoxy) is 4. The standard InChI is InChI=1S/C28H52N4O5/c1-15-25(29)26(35-4)17(13-31-15)14-32-21-10-8-18-19(12-22(21)33)20(30-2)9-7-16-11-23(34-3)27(36-5)28(37-6)24(16)18/h15-21,23-28,30-32H,7-14,29H2,1-6H3/p+2/t15?,16?,17?,18?,19?,20-,21?,23?,24?,25?,26?,27?,28?/m0/s1. The van der Waals surface area contributed by atoms with Crippen LogP contribution in [0.5, 0.6) is 0 Å². The lowest BCUT2D eigenvalue weighted by Crippen LogP contribution is -2.98. The molecule has 9 heteroatoms. The minimum absolute atomic E-state index is 0.00160. The van der Waals surface area contributed by atoms with Crippen molar-refractivity contribution in [1.29, 1.82) is 0 Å². The molecule has 0 aromatic carbocycles. The first kappa shape index (κ1) is 29.3. The van der Waals surface area contributed by atoms with E-state index in [0.717, 1.165) is 45.2 Å². The van der Waals surface area contributed by atoms with Crippen LogP contribution in [0.4, 0.5) is 0 Å². The van der Waals surface area contributed by atoms with E-state index in [1.807, 2.05) is 7.11 Å². The summed E-state index contributed by atoms with van der Waals surface area (Å²) >= 11 is 0. The topological polar surface area (TPSA) is 125 Å². The molecule has 4 aliphatic rings. The van der Waals surface area contributed by atoms with Crippen LogP contribution in [0.3, 0.4) is 0 Å². The Kier molecular flexibility index (Phi) is 10.4. The molecule has 0 amide bonds. The molecule has 4 rings (SSSR count). The van der Waals surface area contributed by atoms with Crippen LogP contribution in [0.1, 0.15) is 45.4 Å². The normalized spacial score (nSPS) is 47.0. The van der Waals surface area contributed by atoms with Crippen LogP contribution in [0.25, 0.3) is 0 Å². The molecule has 214 valence electrons. The van der Waals surface area contributed by atoms with Gasteiger partial charge in [-0.1, -0.05) is 0 Å². The molecule has 3 saturated carbocycles. The van der Waals surface area contributed by atoms with Crippen LogP contribution < -0.4 is 21.7 Å². The highest BCUT2D eigenvalue weighted by atomic mass is 16.6. The van der Waals surface area contributed by atoms with Gasteiger partial charge >= 0.3 is 0 Å². The van der Waals surface area contributed by atoms with Crippen LogP contribution in [0.2, 0.25) is 0 Å². The average molecular weight is 527 g/mol. The highest BCUT2D eigenvalue weighted by molar-refractivity contribution is 5.84. The van der Waals surface area contributed by atoms with Crippen LogP contribution in [0.15, 0.2) is 0 Å². The summed E-state index contributed by atoms with van der Waals surface area (Å²) in [5, 5.41) is 8.36. The molecule has 37 heavy (non-hydrogen) atoms. The second kappa shape index (κ2) is 13.1.